The molecule has 17 heteroatoms. The molecule has 222 valence electrons. The first-order chi connectivity index (χ1) is 18.6. The van der Waals surface area contributed by atoms with E-state index in [1.54, 1.807) is 6.20 Å². The third-order valence-corrected chi connectivity index (χ3v) is 5.73. The zero-order chi connectivity index (χ0) is 30.0. The van der Waals surface area contributed by atoms with E-state index in [1.165, 1.54) is 12.4 Å². The van der Waals surface area contributed by atoms with E-state index in [1.807, 2.05) is 18.2 Å². The Hall–Kier alpha value is -3.60. The number of alkyl halides is 6. The van der Waals surface area contributed by atoms with Crippen LogP contribution in [-0.4, -0.2) is 81.9 Å². The lowest BCUT2D eigenvalue weighted by atomic mass is 9.73. The fourth-order valence-electron chi connectivity index (χ4n) is 3.98. The Morgan fingerprint density at radius 2 is 1.65 bits per heavy atom. The van der Waals surface area contributed by atoms with Crippen LogP contribution in [0, 0.1) is 11.2 Å². The van der Waals surface area contributed by atoms with Crippen molar-refractivity contribution in [3.05, 3.63) is 48.3 Å². The van der Waals surface area contributed by atoms with Crippen LogP contribution in [0.4, 0.5) is 36.7 Å². The Bertz CT molecular complexity index is 1070. The average molecular weight is 586 g/mol. The van der Waals surface area contributed by atoms with Gasteiger partial charge in [-0.25, -0.2) is 23.9 Å². The molecule has 2 aromatic heterocycles. The van der Waals surface area contributed by atoms with Crippen LogP contribution in [0.15, 0.2) is 36.8 Å². The Morgan fingerprint density at radius 1 is 1.05 bits per heavy atom. The zero-order valence-electron chi connectivity index (χ0n) is 20.7. The number of ether oxygens (including phenoxy) is 2. The quantitative estimate of drug-likeness (QED) is 0.497. The van der Waals surface area contributed by atoms with E-state index in [-0.39, 0.29) is 11.5 Å². The van der Waals surface area contributed by atoms with Crippen molar-refractivity contribution >= 4 is 17.9 Å². The molecule has 0 radical (unpaired) electrons. The lowest BCUT2D eigenvalue weighted by Gasteiger charge is -2.50. The first-order valence-corrected chi connectivity index (χ1v) is 11.6. The van der Waals surface area contributed by atoms with Gasteiger partial charge in [-0.3, -0.25) is 4.98 Å². The predicted molar refractivity (Wildman–Crippen MR) is 122 cm³/mol. The summed E-state index contributed by atoms with van der Waals surface area (Å²) in [7, 11) is 0. The monoisotopic (exact) mass is 586 g/mol. The molecule has 2 saturated heterocycles. The summed E-state index contributed by atoms with van der Waals surface area (Å²) >= 11 is 0. The van der Waals surface area contributed by atoms with Crippen molar-refractivity contribution in [2.24, 2.45) is 5.41 Å². The fraction of sp³-hybridized carbons (Fsp3) is 0.522. The van der Waals surface area contributed by atoms with Crippen LogP contribution in [0.5, 0.6) is 0 Å². The highest BCUT2D eigenvalue weighted by Gasteiger charge is 2.47. The van der Waals surface area contributed by atoms with Gasteiger partial charge < -0.3 is 24.6 Å². The Labute approximate surface area is 222 Å². The summed E-state index contributed by atoms with van der Waals surface area (Å²) in [5.74, 6) is -5.36. The van der Waals surface area contributed by atoms with E-state index in [4.69, 9.17) is 29.3 Å². The lowest BCUT2D eigenvalue weighted by molar-refractivity contribution is -0.193. The number of aliphatic carboxylic acids is 2. The minimum absolute atomic E-state index is 0.0942. The van der Waals surface area contributed by atoms with E-state index in [0.717, 1.165) is 44.7 Å². The number of anilines is 1. The van der Waals surface area contributed by atoms with Crippen molar-refractivity contribution in [3.8, 4) is 0 Å². The molecule has 0 amide bonds. The second-order valence-corrected chi connectivity index (χ2v) is 8.66. The third-order valence-electron chi connectivity index (χ3n) is 5.73. The van der Waals surface area contributed by atoms with Crippen LogP contribution < -0.4 is 4.90 Å². The van der Waals surface area contributed by atoms with E-state index < -0.39 is 30.1 Å². The van der Waals surface area contributed by atoms with Crippen LogP contribution >= 0.6 is 0 Å². The number of carbonyl (C=O) groups is 2. The van der Waals surface area contributed by atoms with Gasteiger partial charge in [0, 0.05) is 31.3 Å². The molecule has 40 heavy (non-hydrogen) atoms. The summed E-state index contributed by atoms with van der Waals surface area (Å²) in [5, 5.41) is 14.2. The molecule has 0 aliphatic carbocycles. The number of pyridine rings is 1. The smallest absolute Gasteiger partial charge is 0.475 e. The molecule has 2 fully saturated rings. The van der Waals surface area contributed by atoms with Gasteiger partial charge in [-0.15, -0.1) is 0 Å². The number of carboxylic acids is 2. The summed E-state index contributed by atoms with van der Waals surface area (Å²) in [4.78, 5) is 32.5. The molecule has 2 aliphatic heterocycles. The van der Waals surface area contributed by atoms with E-state index in [0.29, 0.717) is 19.2 Å². The molecule has 0 aromatic carbocycles. The van der Waals surface area contributed by atoms with Gasteiger partial charge >= 0.3 is 24.3 Å². The molecule has 2 aromatic rings. The number of piperidine rings is 1. The summed E-state index contributed by atoms with van der Waals surface area (Å²) in [6, 6.07) is 5.83. The predicted octanol–water partition coefficient (Wildman–Crippen LogP) is 3.87. The van der Waals surface area contributed by atoms with Crippen molar-refractivity contribution in [2.75, 3.05) is 31.2 Å². The number of hydrogen-bond acceptors (Lipinski definition) is 8. The lowest BCUT2D eigenvalue weighted by Crippen LogP contribution is -2.57. The summed E-state index contributed by atoms with van der Waals surface area (Å²) < 4.78 is 88.7. The van der Waals surface area contributed by atoms with Gasteiger partial charge in [0.2, 0.25) is 5.95 Å². The van der Waals surface area contributed by atoms with E-state index in [9.17, 15) is 30.7 Å². The number of fused-ring (bicyclic) bond motifs is 1. The fourth-order valence-corrected chi connectivity index (χ4v) is 3.98. The van der Waals surface area contributed by atoms with E-state index in [2.05, 4.69) is 19.9 Å². The first-order valence-electron chi connectivity index (χ1n) is 11.6. The number of hydrogen-bond donors (Lipinski definition) is 2. The Balaban J connectivity index is 0.000000333. The highest BCUT2D eigenvalue weighted by Crippen LogP contribution is 2.41. The maximum atomic E-state index is 13.1. The van der Waals surface area contributed by atoms with Crippen molar-refractivity contribution in [1.82, 2.24) is 15.0 Å². The van der Waals surface area contributed by atoms with Gasteiger partial charge in [-0.1, -0.05) is 6.07 Å². The van der Waals surface area contributed by atoms with Crippen molar-refractivity contribution in [3.63, 3.8) is 0 Å². The molecule has 2 N–H and O–H groups in total. The van der Waals surface area contributed by atoms with E-state index >= 15 is 0 Å². The molecule has 0 spiro atoms. The van der Waals surface area contributed by atoms with Crippen LogP contribution in [-0.2, 0) is 25.7 Å². The highest BCUT2D eigenvalue weighted by molar-refractivity contribution is 5.73. The van der Waals surface area contributed by atoms with Crippen molar-refractivity contribution in [2.45, 2.75) is 44.3 Å². The minimum atomic E-state index is -5.08. The molecule has 0 bridgehead atoms. The maximum Gasteiger partial charge on any atom is 0.490 e. The molecule has 0 saturated carbocycles. The molecular formula is C23H25F7N4O6. The topological polar surface area (TPSA) is 135 Å². The van der Waals surface area contributed by atoms with Gasteiger partial charge in [0.1, 0.15) is 0 Å². The molecule has 4 rings (SSSR count). The highest BCUT2D eigenvalue weighted by atomic mass is 19.4. The number of halogens is 7. The second kappa shape index (κ2) is 14.2. The number of nitrogens with zero attached hydrogens (tertiary/aromatic N) is 4. The molecule has 2 aliphatic rings. The van der Waals surface area contributed by atoms with Gasteiger partial charge in [-0.2, -0.15) is 26.3 Å². The van der Waals surface area contributed by atoms with Gasteiger partial charge in [0.25, 0.3) is 0 Å². The Kier molecular flexibility index (Phi) is 11.5. The number of rotatable bonds is 5. The van der Waals surface area contributed by atoms with Gasteiger partial charge in [0.05, 0.1) is 37.4 Å². The standard InChI is InChI=1S/C19H23FN4O2.2C2HF3O2/c20-15-10-22-18(23-11-15)24-8-5-17-19(13-24,6-3-9-26-17)14-25-12-16-4-1-2-7-21-16;2*3-2(4,5)1(6)7/h1-2,4,7,10-11,17H,3,5-6,8-9,12-14H2;2*(H,6,7). The van der Waals surface area contributed by atoms with Crippen LogP contribution in [0.3, 0.4) is 0 Å². The molecule has 2 unspecified atom stereocenters. The average Bonchev–Trinajstić information content (AvgIpc) is 2.89. The van der Waals surface area contributed by atoms with Gasteiger partial charge in [0.15, 0.2) is 5.82 Å². The Morgan fingerprint density at radius 3 is 2.17 bits per heavy atom. The van der Waals surface area contributed by atoms with Crippen molar-refractivity contribution in [1.29, 1.82) is 0 Å². The molecular weight excluding hydrogens is 561 g/mol. The summed E-state index contributed by atoms with van der Waals surface area (Å²) in [5.41, 5.74) is 0.829. The van der Waals surface area contributed by atoms with Crippen LogP contribution in [0.25, 0.3) is 0 Å². The van der Waals surface area contributed by atoms with Gasteiger partial charge in [-0.05, 0) is 31.4 Å². The normalized spacial score (nSPS) is 20.7. The molecule has 10 nitrogen and oxygen atoms in total. The largest absolute Gasteiger partial charge is 0.490 e. The SMILES string of the molecule is Fc1cnc(N2CCC3OCCCC3(COCc3ccccn3)C2)nc1.O=C(O)C(F)(F)F.O=C(O)C(F)(F)F. The zero-order valence-corrected chi connectivity index (χ0v) is 20.7. The van der Waals surface area contributed by atoms with Crippen LogP contribution in [0.1, 0.15) is 25.0 Å². The number of aromatic nitrogens is 3. The third kappa shape index (κ3) is 10.2. The minimum Gasteiger partial charge on any atom is -0.475 e. The second-order valence-electron chi connectivity index (χ2n) is 8.66. The number of carboxylic acid groups (broad SMARTS) is 2. The molecule has 4 heterocycles. The van der Waals surface area contributed by atoms with Crippen molar-refractivity contribution < 1.29 is 60.0 Å². The maximum absolute atomic E-state index is 13.1. The van der Waals surface area contributed by atoms with Crippen LogP contribution in [0.2, 0.25) is 0 Å². The summed E-state index contributed by atoms with van der Waals surface area (Å²) in [6.45, 7) is 3.46. The summed E-state index contributed by atoms with van der Waals surface area (Å²) in [6.07, 6.45) is -2.83. The first kappa shape index (κ1) is 32.6. The molecule has 2 atom stereocenters.